The Bertz CT molecular complexity index is 1100. The first-order chi connectivity index (χ1) is 15.6. The monoisotopic (exact) mass is 437 g/mol. The van der Waals surface area contributed by atoms with Gasteiger partial charge in [0.2, 0.25) is 5.75 Å². The van der Waals surface area contributed by atoms with E-state index in [9.17, 15) is 4.79 Å². The maximum Gasteiger partial charge on any atom is 0.309 e. The summed E-state index contributed by atoms with van der Waals surface area (Å²) in [7, 11) is 4.67. The molecule has 7 nitrogen and oxygen atoms in total. The van der Waals surface area contributed by atoms with Crippen LogP contribution in [-0.4, -0.2) is 46.2 Å². The van der Waals surface area contributed by atoms with Crippen molar-refractivity contribution in [3.63, 3.8) is 0 Å². The van der Waals surface area contributed by atoms with Crippen LogP contribution < -0.4 is 14.2 Å². The van der Waals surface area contributed by atoms with E-state index in [2.05, 4.69) is 5.16 Å². The zero-order chi connectivity index (χ0) is 22.9. The highest BCUT2D eigenvalue weighted by Gasteiger charge is 2.22. The Morgan fingerprint density at radius 3 is 2.31 bits per heavy atom. The van der Waals surface area contributed by atoms with Crippen molar-refractivity contribution < 1.29 is 28.6 Å². The van der Waals surface area contributed by atoms with Gasteiger partial charge in [-0.2, -0.15) is 0 Å². The molecule has 0 saturated heterocycles. The molecule has 0 aromatic heterocycles. The summed E-state index contributed by atoms with van der Waals surface area (Å²) >= 11 is 0. The molecule has 0 aliphatic rings. The van der Waals surface area contributed by atoms with Crippen LogP contribution in [0, 0.1) is 0 Å². The molecule has 32 heavy (non-hydrogen) atoms. The summed E-state index contributed by atoms with van der Waals surface area (Å²) in [6, 6.07) is 17.6. The lowest BCUT2D eigenvalue weighted by atomic mass is 9.95. The number of ether oxygens (including phenoxy) is 4. The van der Waals surface area contributed by atoms with Crippen LogP contribution in [0.5, 0.6) is 17.2 Å². The van der Waals surface area contributed by atoms with Gasteiger partial charge in [-0.15, -0.1) is 0 Å². The summed E-state index contributed by atoms with van der Waals surface area (Å²) in [6.07, 6.45) is 0.100. The fraction of sp³-hybridized carbons (Fsp3) is 0.280. The van der Waals surface area contributed by atoms with E-state index in [0.29, 0.717) is 35.1 Å². The van der Waals surface area contributed by atoms with Gasteiger partial charge in [0.25, 0.3) is 0 Å². The van der Waals surface area contributed by atoms with Crippen LogP contribution in [0.1, 0.15) is 24.5 Å². The van der Waals surface area contributed by atoms with Crippen molar-refractivity contribution in [3.05, 3.63) is 65.7 Å². The van der Waals surface area contributed by atoms with E-state index in [1.165, 1.54) is 0 Å². The highest BCUT2D eigenvalue weighted by atomic mass is 16.6. The number of nitrogens with zero attached hydrogens (tertiary/aromatic N) is 1. The van der Waals surface area contributed by atoms with Gasteiger partial charge in [0, 0.05) is 5.56 Å². The summed E-state index contributed by atoms with van der Waals surface area (Å²) in [5, 5.41) is 6.48. The molecule has 0 unspecified atom stereocenters. The number of benzene rings is 3. The number of oxime groups is 1. The molecule has 0 amide bonds. The van der Waals surface area contributed by atoms with Crippen molar-refractivity contribution in [3.8, 4) is 17.2 Å². The molecule has 0 heterocycles. The molecule has 0 spiro atoms. The molecule has 168 valence electrons. The van der Waals surface area contributed by atoms with Gasteiger partial charge in [0.1, 0.15) is 12.3 Å². The molecule has 7 heteroatoms. The molecule has 3 aromatic rings. The summed E-state index contributed by atoms with van der Waals surface area (Å²) in [5.74, 6) is 1.12. The maximum atomic E-state index is 11.7. The summed E-state index contributed by atoms with van der Waals surface area (Å²) in [5.41, 5.74) is 2.06. The minimum Gasteiger partial charge on any atom is -0.493 e. The Morgan fingerprint density at radius 1 is 0.844 bits per heavy atom. The van der Waals surface area contributed by atoms with Crippen LogP contribution >= 0.6 is 0 Å². The molecule has 0 fully saturated rings. The second-order valence-electron chi connectivity index (χ2n) is 6.74. The van der Waals surface area contributed by atoms with Gasteiger partial charge >= 0.3 is 5.97 Å². The molecule has 0 radical (unpaired) electrons. The number of rotatable bonds is 10. The Hall–Kier alpha value is -3.74. The molecule has 0 aliphatic carbocycles. The number of carbonyl (C=O) groups excluding carboxylic acids is 1. The van der Waals surface area contributed by atoms with E-state index in [0.717, 1.165) is 16.3 Å². The van der Waals surface area contributed by atoms with Crippen LogP contribution in [0.15, 0.2) is 59.8 Å². The standard InChI is InChI=1S/C25H27NO6/c1-5-31-22(27)15-16-32-26-23(19-12-8-10-17-9-6-7-11-18(17)19)20-13-14-21(28-2)25(30-4)24(20)29-3/h6-14H,5,15-16H2,1-4H3/b26-23+. The van der Waals surface area contributed by atoms with Crippen molar-refractivity contribution >= 4 is 22.5 Å². The first kappa shape index (κ1) is 22.9. The normalized spacial score (nSPS) is 11.2. The van der Waals surface area contributed by atoms with Crippen LogP contribution in [-0.2, 0) is 14.4 Å². The van der Waals surface area contributed by atoms with Crippen LogP contribution in [0.2, 0.25) is 0 Å². The van der Waals surface area contributed by atoms with Crippen molar-refractivity contribution in [2.45, 2.75) is 13.3 Å². The third-order valence-electron chi connectivity index (χ3n) is 4.86. The third kappa shape index (κ3) is 4.94. The average molecular weight is 437 g/mol. The third-order valence-corrected chi connectivity index (χ3v) is 4.86. The summed E-state index contributed by atoms with van der Waals surface area (Å²) in [6.45, 7) is 2.17. The molecular formula is C25H27NO6. The SMILES string of the molecule is CCOC(=O)CCO/N=C(/c1ccc(OC)c(OC)c1OC)c1cccc2ccccc12. The zero-order valence-electron chi connectivity index (χ0n) is 18.7. The number of fused-ring (bicyclic) bond motifs is 1. The van der Waals surface area contributed by atoms with Gasteiger partial charge in [0.05, 0.1) is 39.9 Å². The van der Waals surface area contributed by atoms with E-state index >= 15 is 0 Å². The lowest BCUT2D eigenvalue weighted by Crippen LogP contribution is -2.11. The van der Waals surface area contributed by atoms with Crippen LogP contribution in [0.3, 0.4) is 0 Å². The first-order valence-electron chi connectivity index (χ1n) is 10.3. The predicted molar refractivity (Wildman–Crippen MR) is 123 cm³/mol. The quantitative estimate of drug-likeness (QED) is 0.200. The fourth-order valence-corrected chi connectivity index (χ4v) is 3.44. The van der Waals surface area contributed by atoms with Crippen molar-refractivity contribution in [1.29, 1.82) is 0 Å². The van der Waals surface area contributed by atoms with Gasteiger partial charge in [0.15, 0.2) is 11.5 Å². The largest absolute Gasteiger partial charge is 0.493 e. The maximum absolute atomic E-state index is 11.7. The topological polar surface area (TPSA) is 75.6 Å². The van der Waals surface area contributed by atoms with E-state index in [1.54, 1.807) is 34.3 Å². The minimum absolute atomic E-state index is 0.0860. The number of methoxy groups -OCH3 is 3. The van der Waals surface area contributed by atoms with Gasteiger partial charge < -0.3 is 23.8 Å². The highest BCUT2D eigenvalue weighted by Crippen LogP contribution is 2.41. The number of hydrogen-bond donors (Lipinski definition) is 0. The molecule has 3 rings (SSSR count). The Morgan fingerprint density at radius 2 is 1.59 bits per heavy atom. The summed E-state index contributed by atoms with van der Waals surface area (Å²) < 4.78 is 21.6. The summed E-state index contributed by atoms with van der Waals surface area (Å²) in [4.78, 5) is 17.2. The molecule has 0 atom stereocenters. The Balaban J connectivity index is 2.11. The predicted octanol–water partition coefficient (Wildman–Crippen LogP) is 4.59. The van der Waals surface area contributed by atoms with E-state index in [-0.39, 0.29) is 19.0 Å². The second kappa shape index (κ2) is 11.0. The second-order valence-corrected chi connectivity index (χ2v) is 6.74. The number of carbonyl (C=O) groups is 1. The molecule has 0 aliphatic heterocycles. The zero-order valence-corrected chi connectivity index (χ0v) is 18.7. The van der Waals surface area contributed by atoms with Gasteiger partial charge in [-0.25, -0.2) is 0 Å². The van der Waals surface area contributed by atoms with E-state index in [1.807, 2.05) is 48.5 Å². The van der Waals surface area contributed by atoms with Crippen molar-refractivity contribution in [2.24, 2.45) is 5.16 Å². The lowest BCUT2D eigenvalue weighted by Gasteiger charge is -2.17. The highest BCUT2D eigenvalue weighted by molar-refractivity contribution is 6.20. The van der Waals surface area contributed by atoms with E-state index < -0.39 is 0 Å². The van der Waals surface area contributed by atoms with Crippen LogP contribution in [0.25, 0.3) is 10.8 Å². The fourth-order valence-electron chi connectivity index (χ4n) is 3.44. The van der Waals surface area contributed by atoms with Gasteiger partial charge in [-0.3, -0.25) is 4.79 Å². The smallest absolute Gasteiger partial charge is 0.309 e. The van der Waals surface area contributed by atoms with Crippen LogP contribution in [0.4, 0.5) is 0 Å². The molecule has 0 bridgehead atoms. The first-order valence-corrected chi connectivity index (χ1v) is 10.3. The number of esters is 1. The van der Waals surface area contributed by atoms with Crippen molar-refractivity contribution in [1.82, 2.24) is 0 Å². The molecule has 0 saturated carbocycles. The Labute approximate surface area is 187 Å². The molecule has 0 N–H and O–H groups in total. The van der Waals surface area contributed by atoms with Gasteiger partial charge in [-0.1, -0.05) is 47.6 Å². The van der Waals surface area contributed by atoms with E-state index in [4.69, 9.17) is 23.8 Å². The minimum atomic E-state index is -0.335. The van der Waals surface area contributed by atoms with Crippen molar-refractivity contribution in [2.75, 3.05) is 34.5 Å². The lowest BCUT2D eigenvalue weighted by molar-refractivity contribution is -0.144. The Kier molecular flexibility index (Phi) is 7.91. The average Bonchev–Trinajstić information content (AvgIpc) is 2.83. The number of hydrogen-bond acceptors (Lipinski definition) is 7. The van der Waals surface area contributed by atoms with Gasteiger partial charge in [-0.05, 0) is 29.8 Å². The molecule has 3 aromatic carbocycles. The molecular weight excluding hydrogens is 410 g/mol.